The van der Waals surface area contributed by atoms with Crippen LogP contribution in [0.1, 0.15) is 38.1 Å². The number of para-hydroxylation sites is 1. The van der Waals surface area contributed by atoms with Crippen LogP contribution in [0.5, 0.6) is 5.75 Å². The molecule has 0 aromatic heterocycles. The number of amides is 1. The maximum atomic E-state index is 12.5. The van der Waals surface area contributed by atoms with Crippen molar-refractivity contribution in [1.29, 1.82) is 0 Å². The summed E-state index contributed by atoms with van der Waals surface area (Å²) in [6.07, 6.45) is -0.526. The molecule has 1 aromatic rings. The van der Waals surface area contributed by atoms with E-state index in [2.05, 4.69) is 5.32 Å². The molecule has 5 nitrogen and oxygen atoms in total. The predicted octanol–water partition coefficient (Wildman–Crippen LogP) is 2.79. The van der Waals surface area contributed by atoms with Crippen molar-refractivity contribution < 1.29 is 19.1 Å². The summed E-state index contributed by atoms with van der Waals surface area (Å²) < 4.78 is 10.8. The SMILES string of the molecule is CC(NC(=O)OC(C)(C)C)C1COc2ccccc2C1=O. The molecule has 2 atom stereocenters. The van der Waals surface area contributed by atoms with E-state index in [1.54, 1.807) is 45.9 Å². The molecule has 1 heterocycles. The molecule has 5 heteroatoms. The fourth-order valence-electron chi connectivity index (χ4n) is 2.22. The van der Waals surface area contributed by atoms with Crippen molar-refractivity contribution in [2.45, 2.75) is 39.3 Å². The van der Waals surface area contributed by atoms with E-state index in [9.17, 15) is 9.59 Å². The van der Waals surface area contributed by atoms with Crippen molar-refractivity contribution in [1.82, 2.24) is 5.32 Å². The molecule has 0 bridgehead atoms. The van der Waals surface area contributed by atoms with Crippen LogP contribution in [0.2, 0.25) is 0 Å². The van der Waals surface area contributed by atoms with E-state index in [-0.39, 0.29) is 18.4 Å². The van der Waals surface area contributed by atoms with Crippen LogP contribution in [0.25, 0.3) is 0 Å². The summed E-state index contributed by atoms with van der Waals surface area (Å²) in [6, 6.07) is 6.78. The number of ether oxygens (including phenoxy) is 2. The molecule has 0 saturated heterocycles. The third kappa shape index (κ3) is 3.74. The Balaban J connectivity index is 2.03. The highest BCUT2D eigenvalue weighted by atomic mass is 16.6. The quantitative estimate of drug-likeness (QED) is 0.910. The van der Waals surface area contributed by atoms with E-state index in [0.29, 0.717) is 11.3 Å². The minimum absolute atomic E-state index is 0.0135. The summed E-state index contributed by atoms with van der Waals surface area (Å²) in [6.45, 7) is 7.42. The van der Waals surface area contributed by atoms with Crippen LogP contribution in [-0.2, 0) is 4.74 Å². The zero-order valence-corrected chi connectivity index (χ0v) is 12.8. The Bertz CT molecular complexity index is 547. The molecule has 1 amide bonds. The van der Waals surface area contributed by atoms with Crippen molar-refractivity contribution in [2.75, 3.05) is 6.61 Å². The van der Waals surface area contributed by atoms with Crippen molar-refractivity contribution >= 4 is 11.9 Å². The van der Waals surface area contributed by atoms with E-state index in [1.807, 2.05) is 6.07 Å². The largest absolute Gasteiger partial charge is 0.492 e. The standard InChI is InChI=1S/C16H21NO4/c1-10(17-15(19)21-16(2,3)4)12-9-20-13-8-6-5-7-11(13)14(12)18/h5-8,10,12H,9H2,1-4H3,(H,17,19). The van der Waals surface area contributed by atoms with E-state index in [0.717, 1.165) is 0 Å². The summed E-state index contributed by atoms with van der Waals surface area (Å²) in [4.78, 5) is 24.2. The van der Waals surface area contributed by atoms with Crippen LogP contribution < -0.4 is 10.1 Å². The van der Waals surface area contributed by atoms with Gasteiger partial charge in [0, 0.05) is 6.04 Å². The molecule has 1 aliphatic rings. The minimum atomic E-state index is -0.566. The molecule has 0 aliphatic carbocycles. The number of carbonyl (C=O) groups excluding carboxylic acids is 2. The van der Waals surface area contributed by atoms with Crippen molar-refractivity contribution in [3.63, 3.8) is 0 Å². The van der Waals surface area contributed by atoms with Gasteiger partial charge in [-0.05, 0) is 39.8 Å². The van der Waals surface area contributed by atoms with Crippen LogP contribution in [0.3, 0.4) is 0 Å². The lowest BCUT2D eigenvalue weighted by atomic mass is 9.90. The smallest absolute Gasteiger partial charge is 0.407 e. The van der Waals surface area contributed by atoms with Gasteiger partial charge in [-0.2, -0.15) is 0 Å². The summed E-state index contributed by atoms with van der Waals surface area (Å²) in [5.41, 5.74) is -0.00434. The average molecular weight is 291 g/mol. The number of alkyl carbamates (subject to hydrolysis) is 1. The van der Waals surface area contributed by atoms with Crippen molar-refractivity contribution in [2.24, 2.45) is 5.92 Å². The maximum Gasteiger partial charge on any atom is 0.407 e. The zero-order chi connectivity index (χ0) is 15.6. The molecular formula is C16H21NO4. The number of Topliss-reactive ketones (excluding diaryl/α,β-unsaturated/α-hetero) is 1. The van der Waals surface area contributed by atoms with Gasteiger partial charge in [0.25, 0.3) is 0 Å². The van der Waals surface area contributed by atoms with Gasteiger partial charge in [-0.3, -0.25) is 4.79 Å². The molecule has 1 aliphatic heterocycles. The average Bonchev–Trinajstić information content (AvgIpc) is 2.36. The number of nitrogens with one attached hydrogen (secondary N) is 1. The lowest BCUT2D eigenvalue weighted by Crippen LogP contribution is -2.47. The molecule has 114 valence electrons. The highest BCUT2D eigenvalue weighted by molar-refractivity contribution is 6.01. The number of carbonyl (C=O) groups is 2. The van der Waals surface area contributed by atoms with Gasteiger partial charge in [-0.15, -0.1) is 0 Å². The van der Waals surface area contributed by atoms with Crippen LogP contribution in [0.15, 0.2) is 24.3 Å². The van der Waals surface area contributed by atoms with Crippen LogP contribution >= 0.6 is 0 Å². The number of hydrogen-bond donors (Lipinski definition) is 1. The summed E-state index contributed by atoms with van der Waals surface area (Å²) in [7, 11) is 0. The second-order valence-corrected chi connectivity index (χ2v) is 6.21. The number of fused-ring (bicyclic) bond motifs is 1. The second kappa shape index (κ2) is 5.76. The van der Waals surface area contributed by atoms with Crippen molar-refractivity contribution in [3.8, 4) is 5.75 Å². The first-order valence-electron chi connectivity index (χ1n) is 7.03. The fraction of sp³-hybridized carbons (Fsp3) is 0.500. The van der Waals surface area contributed by atoms with Gasteiger partial charge in [-0.1, -0.05) is 12.1 Å². The lowest BCUT2D eigenvalue weighted by molar-refractivity contribution is 0.0472. The molecule has 2 unspecified atom stereocenters. The van der Waals surface area contributed by atoms with E-state index in [4.69, 9.17) is 9.47 Å². The van der Waals surface area contributed by atoms with Gasteiger partial charge in [0.05, 0.1) is 11.5 Å². The summed E-state index contributed by atoms with van der Waals surface area (Å²) in [5, 5.41) is 2.71. The maximum absolute atomic E-state index is 12.5. The second-order valence-electron chi connectivity index (χ2n) is 6.21. The normalized spacial score (nSPS) is 19.2. The number of hydrogen-bond acceptors (Lipinski definition) is 4. The lowest BCUT2D eigenvalue weighted by Gasteiger charge is -2.29. The molecular weight excluding hydrogens is 270 g/mol. The van der Waals surface area contributed by atoms with Gasteiger partial charge >= 0.3 is 6.09 Å². The Hall–Kier alpha value is -2.04. The molecule has 1 aromatic carbocycles. The van der Waals surface area contributed by atoms with Gasteiger partial charge in [0.15, 0.2) is 5.78 Å². The number of rotatable bonds is 2. The Kier molecular flexibility index (Phi) is 4.21. The van der Waals surface area contributed by atoms with Gasteiger partial charge in [0.2, 0.25) is 0 Å². The van der Waals surface area contributed by atoms with E-state index in [1.165, 1.54) is 0 Å². The Morgan fingerprint density at radius 2 is 2.05 bits per heavy atom. The number of ketones is 1. The Morgan fingerprint density at radius 3 is 2.71 bits per heavy atom. The minimum Gasteiger partial charge on any atom is -0.492 e. The molecule has 0 fully saturated rings. The first-order chi connectivity index (χ1) is 9.78. The van der Waals surface area contributed by atoms with Crippen LogP contribution in [0.4, 0.5) is 4.79 Å². The summed E-state index contributed by atoms with van der Waals surface area (Å²) in [5.74, 6) is 0.177. The molecule has 2 rings (SSSR count). The molecule has 21 heavy (non-hydrogen) atoms. The Labute approximate surface area is 124 Å². The van der Waals surface area contributed by atoms with Gasteiger partial charge in [-0.25, -0.2) is 4.79 Å². The third-order valence-corrected chi connectivity index (χ3v) is 3.26. The van der Waals surface area contributed by atoms with Crippen LogP contribution in [-0.4, -0.2) is 30.1 Å². The molecule has 0 saturated carbocycles. The third-order valence-electron chi connectivity index (χ3n) is 3.26. The molecule has 0 spiro atoms. The van der Waals surface area contributed by atoms with Crippen LogP contribution in [0, 0.1) is 5.92 Å². The summed E-state index contributed by atoms with van der Waals surface area (Å²) >= 11 is 0. The van der Waals surface area contributed by atoms with Gasteiger partial charge in [0.1, 0.15) is 18.0 Å². The molecule has 1 N–H and O–H groups in total. The fourth-order valence-corrected chi connectivity index (χ4v) is 2.22. The highest BCUT2D eigenvalue weighted by Gasteiger charge is 2.34. The van der Waals surface area contributed by atoms with Crippen molar-refractivity contribution in [3.05, 3.63) is 29.8 Å². The monoisotopic (exact) mass is 291 g/mol. The molecule has 0 radical (unpaired) electrons. The van der Waals surface area contributed by atoms with Gasteiger partial charge < -0.3 is 14.8 Å². The Morgan fingerprint density at radius 1 is 1.38 bits per heavy atom. The number of benzene rings is 1. The highest BCUT2D eigenvalue weighted by Crippen LogP contribution is 2.28. The topological polar surface area (TPSA) is 64.6 Å². The first-order valence-corrected chi connectivity index (χ1v) is 7.03. The first kappa shape index (κ1) is 15.4. The zero-order valence-electron chi connectivity index (χ0n) is 12.8. The van der Waals surface area contributed by atoms with E-state index < -0.39 is 17.6 Å². The van der Waals surface area contributed by atoms with E-state index >= 15 is 0 Å². The predicted molar refractivity (Wildman–Crippen MR) is 78.6 cm³/mol.